The number of hydrogen-bond donors (Lipinski definition) is 1. The summed E-state index contributed by atoms with van der Waals surface area (Å²) in [6.45, 7) is 6.38. The number of hydrogen-bond acceptors (Lipinski definition) is 5. The van der Waals surface area contributed by atoms with E-state index < -0.39 is 4.92 Å². The van der Waals surface area contributed by atoms with Gasteiger partial charge in [-0.2, -0.15) is 5.10 Å². The van der Waals surface area contributed by atoms with Crippen LogP contribution in [0, 0.1) is 10.1 Å². The number of nitrogens with one attached hydrogen (secondary N) is 1. The molecule has 0 unspecified atom stereocenters. The fourth-order valence-corrected chi connectivity index (χ4v) is 2.23. The SMILES string of the molecule is COc1ccc(C=NNc2ccc([N+](=O)[O-])cc2)cc1C(C)(C)C. The first kappa shape index (κ1) is 17.5. The Morgan fingerprint density at radius 2 is 1.83 bits per heavy atom. The molecule has 0 radical (unpaired) electrons. The lowest BCUT2D eigenvalue weighted by atomic mass is 9.85. The lowest BCUT2D eigenvalue weighted by Gasteiger charge is -2.22. The van der Waals surface area contributed by atoms with E-state index in [-0.39, 0.29) is 11.1 Å². The number of ether oxygens (including phenoxy) is 1. The van der Waals surface area contributed by atoms with Crippen molar-refractivity contribution in [2.24, 2.45) is 5.10 Å². The van der Waals surface area contributed by atoms with Crippen LogP contribution in [0.3, 0.4) is 0 Å². The third-order valence-electron chi connectivity index (χ3n) is 3.52. The quantitative estimate of drug-likeness (QED) is 0.503. The number of nitro benzene ring substituents is 1. The summed E-state index contributed by atoms with van der Waals surface area (Å²) < 4.78 is 5.42. The smallest absolute Gasteiger partial charge is 0.269 e. The molecule has 2 aromatic rings. The van der Waals surface area contributed by atoms with Crippen molar-refractivity contribution in [3.8, 4) is 5.75 Å². The first-order chi connectivity index (χ1) is 11.3. The molecule has 0 amide bonds. The minimum atomic E-state index is -0.432. The maximum atomic E-state index is 10.6. The molecule has 0 spiro atoms. The second-order valence-corrected chi connectivity index (χ2v) is 6.38. The van der Waals surface area contributed by atoms with E-state index in [1.807, 2.05) is 18.2 Å². The van der Waals surface area contributed by atoms with E-state index in [2.05, 4.69) is 31.3 Å². The summed E-state index contributed by atoms with van der Waals surface area (Å²) in [6.07, 6.45) is 1.70. The molecule has 0 atom stereocenters. The highest BCUT2D eigenvalue weighted by atomic mass is 16.6. The first-order valence-electron chi connectivity index (χ1n) is 7.53. The molecule has 0 saturated carbocycles. The molecule has 126 valence electrons. The molecule has 6 heteroatoms. The van der Waals surface area contributed by atoms with Gasteiger partial charge in [0, 0.05) is 17.7 Å². The standard InChI is InChI=1S/C18H21N3O3/c1-18(2,3)16-11-13(5-10-17(16)24-4)12-19-20-14-6-8-15(9-7-14)21(22)23/h5-12,20H,1-4H3. The van der Waals surface area contributed by atoms with Crippen molar-refractivity contribution in [3.05, 3.63) is 63.7 Å². The topological polar surface area (TPSA) is 76.8 Å². The highest BCUT2D eigenvalue weighted by Crippen LogP contribution is 2.31. The van der Waals surface area contributed by atoms with Gasteiger partial charge in [-0.25, -0.2) is 0 Å². The Labute approximate surface area is 141 Å². The average Bonchev–Trinajstić information content (AvgIpc) is 2.54. The van der Waals surface area contributed by atoms with Gasteiger partial charge in [0.15, 0.2) is 0 Å². The van der Waals surface area contributed by atoms with Crippen LogP contribution in [0.4, 0.5) is 11.4 Å². The van der Waals surface area contributed by atoms with Crippen LogP contribution in [-0.2, 0) is 5.41 Å². The third kappa shape index (κ3) is 4.32. The van der Waals surface area contributed by atoms with Gasteiger partial charge in [0.2, 0.25) is 0 Å². The third-order valence-corrected chi connectivity index (χ3v) is 3.52. The van der Waals surface area contributed by atoms with Crippen molar-refractivity contribution in [2.45, 2.75) is 26.2 Å². The lowest BCUT2D eigenvalue weighted by molar-refractivity contribution is -0.384. The maximum absolute atomic E-state index is 10.6. The van der Waals surface area contributed by atoms with E-state index in [0.29, 0.717) is 5.69 Å². The Morgan fingerprint density at radius 1 is 1.17 bits per heavy atom. The number of benzene rings is 2. The minimum Gasteiger partial charge on any atom is -0.496 e. The van der Waals surface area contributed by atoms with Crippen LogP contribution in [0.5, 0.6) is 5.75 Å². The molecular weight excluding hydrogens is 306 g/mol. The maximum Gasteiger partial charge on any atom is 0.269 e. The van der Waals surface area contributed by atoms with E-state index in [9.17, 15) is 10.1 Å². The van der Waals surface area contributed by atoms with Crippen LogP contribution in [0.1, 0.15) is 31.9 Å². The van der Waals surface area contributed by atoms with Crippen molar-refractivity contribution in [3.63, 3.8) is 0 Å². The predicted molar refractivity (Wildman–Crippen MR) is 96.0 cm³/mol. The Balaban J connectivity index is 2.13. The molecule has 1 N–H and O–H groups in total. The number of nitro groups is 1. The summed E-state index contributed by atoms with van der Waals surface area (Å²) in [4.78, 5) is 10.2. The summed E-state index contributed by atoms with van der Waals surface area (Å²) in [5.41, 5.74) is 5.59. The zero-order valence-electron chi connectivity index (χ0n) is 14.2. The van der Waals surface area contributed by atoms with E-state index in [0.717, 1.165) is 16.9 Å². The van der Waals surface area contributed by atoms with Crippen molar-refractivity contribution in [1.82, 2.24) is 0 Å². The molecule has 6 nitrogen and oxygen atoms in total. The number of rotatable bonds is 5. The fourth-order valence-electron chi connectivity index (χ4n) is 2.23. The number of non-ortho nitro benzene ring substituents is 1. The minimum absolute atomic E-state index is 0.0407. The fraction of sp³-hybridized carbons (Fsp3) is 0.278. The number of nitrogens with zero attached hydrogens (tertiary/aromatic N) is 2. The lowest BCUT2D eigenvalue weighted by Crippen LogP contribution is -2.13. The van der Waals surface area contributed by atoms with Gasteiger partial charge in [-0.15, -0.1) is 0 Å². The van der Waals surface area contributed by atoms with Gasteiger partial charge < -0.3 is 4.74 Å². The van der Waals surface area contributed by atoms with Gasteiger partial charge in [-0.3, -0.25) is 15.5 Å². The number of hydrazone groups is 1. The monoisotopic (exact) mass is 327 g/mol. The second kappa shape index (κ2) is 7.12. The zero-order chi connectivity index (χ0) is 17.7. The predicted octanol–water partition coefficient (Wildman–Crippen LogP) is 4.35. The molecule has 2 rings (SSSR count). The van der Waals surface area contributed by atoms with Crippen LogP contribution >= 0.6 is 0 Å². The summed E-state index contributed by atoms with van der Waals surface area (Å²) >= 11 is 0. The molecule has 0 aliphatic rings. The van der Waals surface area contributed by atoms with Gasteiger partial charge in [-0.1, -0.05) is 20.8 Å². The normalized spacial score (nSPS) is 11.5. The summed E-state index contributed by atoms with van der Waals surface area (Å²) in [7, 11) is 1.66. The molecule has 0 aliphatic carbocycles. The Bertz CT molecular complexity index is 747. The summed E-state index contributed by atoms with van der Waals surface area (Å²) in [5, 5.41) is 14.8. The molecular formula is C18H21N3O3. The van der Waals surface area contributed by atoms with E-state index in [1.54, 1.807) is 25.5 Å². The molecule has 0 bridgehead atoms. The molecule has 24 heavy (non-hydrogen) atoms. The van der Waals surface area contributed by atoms with E-state index in [1.165, 1.54) is 12.1 Å². The Morgan fingerprint density at radius 3 is 2.38 bits per heavy atom. The van der Waals surface area contributed by atoms with Crippen molar-refractivity contribution >= 4 is 17.6 Å². The van der Waals surface area contributed by atoms with Crippen molar-refractivity contribution in [1.29, 1.82) is 0 Å². The highest BCUT2D eigenvalue weighted by Gasteiger charge is 2.18. The summed E-state index contributed by atoms with van der Waals surface area (Å²) in [5.74, 6) is 0.850. The number of methoxy groups -OCH3 is 1. The zero-order valence-corrected chi connectivity index (χ0v) is 14.2. The van der Waals surface area contributed by atoms with Gasteiger partial charge in [0.1, 0.15) is 5.75 Å². The van der Waals surface area contributed by atoms with E-state index in [4.69, 9.17) is 4.74 Å². The van der Waals surface area contributed by atoms with Crippen molar-refractivity contribution < 1.29 is 9.66 Å². The van der Waals surface area contributed by atoms with Crippen LogP contribution in [0.25, 0.3) is 0 Å². The van der Waals surface area contributed by atoms with E-state index >= 15 is 0 Å². The van der Waals surface area contributed by atoms with Crippen LogP contribution in [-0.4, -0.2) is 18.2 Å². The molecule has 0 aromatic heterocycles. The Hall–Kier alpha value is -2.89. The molecule has 0 fully saturated rings. The largest absolute Gasteiger partial charge is 0.496 e. The molecule has 2 aromatic carbocycles. The molecule has 0 saturated heterocycles. The van der Waals surface area contributed by atoms with Crippen LogP contribution < -0.4 is 10.2 Å². The summed E-state index contributed by atoms with van der Waals surface area (Å²) in [6, 6.07) is 12.0. The van der Waals surface area contributed by atoms with Gasteiger partial charge in [-0.05, 0) is 41.3 Å². The van der Waals surface area contributed by atoms with Crippen LogP contribution in [0.15, 0.2) is 47.6 Å². The Kier molecular flexibility index (Phi) is 5.18. The highest BCUT2D eigenvalue weighted by molar-refractivity contribution is 5.81. The molecule has 0 heterocycles. The molecule has 0 aliphatic heterocycles. The second-order valence-electron chi connectivity index (χ2n) is 6.38. The van der Waals surface area contributed by atoms with Crippen molar-refractivity contribution in [2.75, 3.05) is 12.5 Å². The van der Waals surface area contributed by atoms with Gasteiger partial charge >= 0.3 is 0 Å². The first-order valence-corrected chi connectivity index (χ1v) is 7.53. The van der Waals surface area contributed by atoms with Crippen LogP contribution in [0.2, 0.25) is 0 Å². The van der Waals surface area contributed by atoms with Gasteiger partial charge in [0.05, 0.1) is 23.9 Å². The number of anilines is 1. The van der Waals surface area contributed by atoms with Gasteiger partial charge in [0.25, 0.3) is 5.69 Å². The average molecular weight is 327 g/mol.